The monoisotopic (exact) mass is 460 g/mol. The van der Waals surface area contributed by atoms with Gasteiger partial charge in [-0.15, -0.1) is 13.2 Å². The summed E-state index contributed by atoms with van der Waals surface area (Å²) < 4.78 is 69.6. The van der Waals surface area contributed by atoms with Crippen LogP contribution in [-0.2, 0) is 4.79 Å². The molecule has 0 aliphatic rings. The van der Waals surface area contributed by atoms with Crippen molar-refractivity contribution in [2.45, 2.75) is 25.7 Å². The Balaban J connectivity index is 2.21. The summed E-state index contributed by atoms with van der Waals surface area (Å²) in [4.78, 5) is 27.8. The molecule has 31 heavy (non-hydrogen) atoms. The first-order chi connectivity index (χ1) is 14.5. The number of carboxylic acids is 1. The Kier molecular flexibility index (Phi) is 6.11. The minimum Gasteiger partial charge on any atom is -0.480 e. The second-order valence-corrected chi connectivity index (χ2v) is 7.28. The molecule has 6 nitrogen and oxygen atoms in total. The van der Waals surface area contributed by atoms with Gasteiger partial charge in [-0.05, 0) is 36.8 Å². The Morgan fingerprint density at radius 3 is 2.35 bits per heavy atom. The third-order valence-electron chi connectivity index (χ3n) is 4.12. The maximum absolute atomic E-state index is 13.4. The van der Waals surface area contributed by atoms with Gasteiger partial charge >= 0.3 is 12.3 Å². The van der Waals surface area contributed by atoms with E-state index >= 15 is 0 Å². The van der Waals surface area contributed by atoms with E-state index in [0.717, 1.165) is 35.6 Å². The van der Waals surface area contributed by atoms with Crippen molar-refractivity contribution in [3.8, 4) is 5.75 Å². The number of ether oxygens (including phenoxy) is 1. The van der Waals surface area contributed by atoms with Crippen molar-refractivity contribution >= 4 is 33.4 Å². The number of hydrogen-bond donors (Lipinski definition) is 1. The van der Waals surface area contributed by atoms with E-state index in [1.807, 2.05) is 0 Å². The zero-order chi connectivity index (χ0) is 22.9. The number of alkyl halides is 3. The molecule has 1 heterocycles. The van der Waals surface area contributed by atoms with Crippen LogP contribution < -0.4 is 9.54 Å². The summed E-state index contributed by atoms with van der Waals surface area (Å²) >= 11 is 0.734. The molecule has 1 N–H and O–H groups in total. The molecule has 0 fully saturated rings. The number of aromatic nitrogens is 1. The number of fused-ring (bicyclic) bond motifs is 1. The summed E-state index contributed by atoms with van der Waals surface area (Å²) in [7, 11) is 0. The first-order valence-corrected chi connectivity index (χ1v) is 9.49. The Labute approximate surface area is 174 Å². The average molecular weight is 460 g/mol. The predicted molar refractivity (Wildman–Crippen MR) is 99.7 cm³/mol. The molecule has 3 aromatic rings. The van der Waals surface area contributed by atoms with Crippen molar-refractivity contribution in [3.05, 3.63) is 58.4 Å². The van der Waals surface area contributed by atoms with Crippen molar-refractivity contribution in [2.24, 2.45) is 4.99 Å². The highest BCUT2D eigenvalue weighted by Crippen LogP contribution is 2.30. The van der Waals surface area contributed by atoms with Crippen LogP contribution in [0.5, 0.6) is 5.75 Å². The van der Waals surface area contributed by atoms with Crippen LogP contribution in [0.1, 0.15) is 29.7 Å². The summed E-state index contributed by atoms with van der Waals surface area (Å²) in [6.45, 7) is 1.56. The SMILES string of the molecule is CCC(C(=O)O)n1c(=NC(=O)c2cc(F)cc(F)c2)sc2cc(OC(F)(F)F)ccc21. The number of carboxylic acid groups (broad SMARTS) is 1. The first kappa shape index (κ1) is 22.4. The van der Waals surface area contributed by atoms with Gasteiger partial charge in [-0.1, -0.05) is 18.3 Å². The van der Waals surface area contributed by atoms with E-state index in [2.05, 4.69) is 9.73 Å². The van der Waals surface area contributed by atoms with E-state index in [-0.39, 0.29) is 21.4 Å². The van der Waals surface area contributed by atoms with Gasteiger partial charge in [0, 0.05) is 11.6 Å². The summed E-state index contributed by atoms with van der Waals surface area (Å²) in [6.07, 6.45) is -4.86. The molecule has 3 rings (SSSR count). The molecule has 12 heteroatoms. The van der Waals surface area contributed by atoms with Crippen LogP contribution in [-0.4, -0.2) is 27.9 Å². The number of hydrogen-bond acceptors (Lipinski definition) is 4. The van der Waals surface area contributed by atoms with Crippen molar-refractivity contribution < 1.29 is 41.4 Å². The van der Waals surface area contributed by atoms with Crippen LogP contribution in [0.15, 0.2) is 41.4 Å². The number of benzene rings is 2. The van der Waals surface area contributed by atoms with E-state index in [4.69, 9.17) is 0 Å². The van der Waals surface area contributed by atoms with Gasteiger partial charge in [-0.2, -0.15) is 4.99 Å². The van der Waals surface area contributed by atoms with Gasteiger partial charge in [0.05, 0.1) is 10.2 Å². The molecular weight excluding hydrogens is 447 g/mol. The molecule has 1 amide bonds. The summed E-state index contributed by atoms with van der Waals surface area (Å²) in [5.41, 5.74) is -0.211. The highest BCUT2D eigenvalue weighted by Gasteiger charge is 2.31. The fourth-order valence-corrected chi connectivity index (χ4v) is 3.99. The summed E-state index contributed by atoms with van der Waals surface area (Å²) in [5, 5.41) is 9.54. The van der Waals surface area contributed by atoms with Gasteiger partial charge < -0.3 is 14.4 Å². The Morgan fingerprint density at radius 1 is 1.16 bits per heavy atom. The molecule has 0 spiro atoms. The number of carbonyl (C=O) groups is 2. The van der Waals surface area contributed by atoms with E-state index in [9.17, 15) is 36.6 Å². The molecule has 1 unspecified atom stereocenters. The zero-order valence-corrected chi connectivity index (χ0v) is 16.4. The lowest BCUT2D eigenvalue weighted by Crippen LogP contribution is -2.27. The topological polar surface area (TPSA) is 80.9 Å². The quantitative estimate of drug-likeness (QED) is 0.562. The van der Waals surface area contributed by atoms with Gasteiger partial charge in [-0.3, -0.25) is 4.79 Å². The average Bonchev–Trinajstić information content (AvgIpc) is 2.97. The highest BCUT2D eigenvalue weighted by molar-refractivity contribution is 7.16. The van der Waals surface area contributed by atoms with Crippen molar-refractivity contribution in [1.29, 1.82) is 0 Å². The number of rotatable bonds is 5. The van der Waals surface area contributed by atoms with Gasteiger partial charge in [0.25, 0.3) is 5.91 Å². The maximum Gasteiger partial charge on any atom is 0.573 e. The summed E-state index contributed by atoms with van der Waals surface area (Å²) in [5.74, 6) is -4.86. The van der Waals surface area contributed by atoms with Crippen LogP contribution in [0, 0.1) is 11.6 Å². The maximum atomic E-state index is 13.4. The van der Waals surface area contributed by atoms with Crippen LogP contribution >= 0.6 is 11.3 Å². The summed E-state index contributed by atoms with van der Waals surface area (Å²) in [6, 6.07) is 4.14. The molecule has 0 saturated heterocycles. The molecular formula is C19H13F5N2O4S. The minimum absolute atomic E-state index is 0.0674. The normalized spacial score (nSPS) is 13.4. The van der Waals surface area contributed by atoms with Gasteiger partial charge in [0.15, 0.2) is 4.80 Å². The third kappa shape index (κ3) is 5.08. The molecule has 0 bridgehead atoms. The van der Waals surface area contributed by atoms with Crippen LogP contribution in [0.25, 0.3) is 10.2 Å². The molecule has 2 aromatic carbocycles. The molecule has 1 aromatic heterocycles. The largest absolute Gasteiger partial charge is 0.573 e. The second kappa shape index (κ2) is 8.46. The Bertz CT molecular complexity index is 1210. The molecule has 0 aliphatic carbocycles. The number of amides is 1. The zero-order valence-electron chi connectivity index (χ0n) is 15.6. The number of thiazole rings is 1. The second-order valence-electron chi connectivity index (χ2n) is 6.27. The molecule has 164 valence electrons. The van der Waals surface area contributed by atoms with E-state index < -0.39 is 47.2 Å². The van der Waals surface area contributed by atoms with Crippen molar-refractivity contribution in [2.75, 3.05) is 0 Å². The minimum atomic E-state index is -4.93. The lowest BCUT2D eigenvalue weighted by Gasteiger charge is -2.14. The fraction of sp³-hybridized carbons (Fsp3) is 0.211. The lowest BCUT2D eigenvalue weighted by atomic mass is 10.2. The number of halogens is 5. The standard InChI is InChI=1S/C19H13F5N2O4S/c1-2-13(17(28)29)26-14-4-3-12(30-19(22,23)24)8-15(14)31-18(26)25-16(27)9-5-10(20)7-11(21)6-9/h3-8,13H,2H2,1H3,(H,28,29). The first-order valence-electron chi connectivity index (χ1n) is 8.67. The van der Waals surface area contributed by atoms with E-state index in [0.29, 0.717) is 6.07 Å². The number of nitrogens with zero attached hydrogens (tertiary/aromatic N) is 2. The van der Waals surface area contributed by atoms with E-state index in [1.165, 1.54) is 10.6 Å². The van der Waals surface area contributed by atoms with Crippen molar-refractivity contribution in [3.63, 3.8) is 0 Å². The highest BCUT2D eigenvalue weighted by atomic mass is 32.1. The van der Waals surface area contributed by atoms with Crippen molar-refractivity contribution in [1.82, 2.24) is 4.57 Å². The molecule has 0 saturated carbocycles. The van der Waals surface area contributed by atoms with Gasteiger partial charge in [0.1, 0.15) is 23.4 Å². The number of aliphatic carboxylic acids is 1. The fourth-order valence-electron chi connectivity index (χ4n) is 2.90. The third-order valence-corrected chi connectivity index (χ3v) is 5.14. The molecule has 0 aliphatic heterocycles. The Hall–Kier alpha value is -3.28. The Morgan fingerprint density at radius 2 is 1.81 bits per heavy atom. The van der Waals surface area contributed by atoms with Crippen LogP contribution in [0.2, 0.25) is 0 Å². The van der Waals surface area contributed by atoms with E-state index in [1.54, 1.807) is 6.92 Å². The number of carbonyl (C=O) groups excluding carboxylic acids is 1. The van der Waals surface area contributed by atoms with Crippen LogP contribution in [0.4, 0.5) is 22.0 Å². The van der Waals surface area contributed by atoms with Gasteiger partial charge in [0.2, 0.25) is 0 Å². The van der Waals surface area contributed by atoms with Crippen LogP contribution in [0.3, 0.4) is 0 Å². The molecule has 0 radical (unpaired) electrons. The molecule has 1 atom stereocenters. The smallest absolute Gasteiger partial charge is 0.480 e. The predicted octanol–water partition coefficient (Wildman–Crippen LogP) is 4.66. The van der Waals surface area contributed by atoms with Gasteiger partial charge in [-0.25, -0.2) is 13.6 Å². The lowest BCUT2D eigenvalue weighted by molar-refractivity contribution is -0.274.